The van der Waals surface area contributed by atoms with Gasteiger partial charge >= 0.3 is 5.97 Å². The predicted molar refractivity (Wildman–Crippen MR) is 67.4 cm³/mol. The fourth-order valence-electron chi connectivity index (χ4n) is 1.43. The van der Waals surface area contributed by atoms with Crippen LogP contribution in [0.5, 0.6) is 11.5 Å². The summed E-state index contributed by atoms with van der Waals surface area (Å²) < 4.78 is 31.8. The Morgan fingerprint density at radius 1 is 1.32 bits per heavy atom. The van der Waals surface area contributed by atoms with Crippen LogP contribution in [0.25, 0.3) is 0 Å². The summed E-state index contributed by atoms with van der Waals surface area (Å²) in [6.45, 7) is 0.719. The highest BCUT2D eigenvalue weighted by atomic mass is 32.1. The number of hydrogen-bond donors (Lipinski definition) is 1. The average molecular weight is 284 g/mol. The summed E-state index contributed by atoms with van der Waals surface area (Å²) in [5, 5.41) is 9.01. The molecule has 0 spiro atoms. The molecule has 3 nitrogen and oxygen atoms in total. The highest BCUT2D eigenvalue weighted by Crippen LogP contribution is 2.40. The van der Waals surface area contributed by atoms with E-state index in [2.05, 4.69) is 0 Å². The van der Waals surface area contributed by atoms with Crippen LogP contribution >= 0.6 is 11.3 Å². The maximum atomic E-state index is 13.2. The maximum absolute atomic E-state index is 13.2. The van der Waals surface area contributed by atoms with Gasteiger partial charge in [-0.1, -0.05) is 18.2 Å². The summed E-state index contributed by atoms with van der Waals surface area (Å²) in [5.74, 6) is -4.05. The number of thiophene rings is 1. The van der Waals surface area contributed by atoms with Crippen molar-refractivity contribution in [3.05, 3.63) is 46.2 Å². The molecule has 1 aromatic heterocycles. The van der Waals surface area contributed by atoms with Crippen LogP contribution in [0, 0.1) is 0 Å². The van der Waals surface area contributed by atoms with Gasteiger partial charge in [0, 0.05) is 13.0 Å². The summed E-state index contributed by atoms with van der Waals surface area (Å²) in [6, 6.07) is 9.49. The standard InChI is InChI=1S/C13H10F2O3S/c1-13(14,15)10-7-9(11(19-10)12(16)17)18-8-5-3-2-4-6-8/h2-7H,1H3,(H,16,17). The number of benzene rings is 1. The van der Waals surface area contributed by atoms with E-state index in [0.717, 1.165) is 13.0 Å². The minimum Gasteiger partial charge on any atom is -0.477 e. The molecule has 2 aromatic rings. The van der Waals surface area contributed by atoms with Gasteiger partial charge in [-0.2, -0.15) is 0 Å². The fraction of sp³-hybridized carbons (Fsp3) is 0.154. The first kappa shape index (κ1) is 13.5. The van der Waals surface area contributed by atoms with Crippen molar-refractivity contribution in [1.82, 2.24) is 0 Å². The van der Waals surface area contributed by atoms with Crippen LogP contribution in [-0.2, 0) is 5.92 Å². The number of carboxylic acid groups (broad SMARTS) is 1. The van der Waals surface area contributed by atoms with Crippen molar-refractivity contribution < 1.29 is 23.4 Å². The van der Waals surface area contributed by atoms with E-state index in [9.17, 15) is 13.6 Å². The van der Waals surface area contributed by atoms with Crippen molar-refractivity contribution >= 4 is 17.3 Å². The molecule has 0 atom stereocenters. The van der Waals surface area contributed by atoms with Gasteiger partial charge in [-0.3, -0.25) is 0 Å². The minimum atomic E-state index is -3.09. The maximum Gasteiger partial charge on any atom is 0.349 e. The number of ether oxygens (including phenoxy) is 1. The van der Waals surface area contributed by atoms with Crippen molar-refractivity contribution in [3.8, 4) is 11.5 Å². The molecule has 0 bridgehead atoms. The Bertz CT molecular complexity index is 588. The molecule has 0 unspecified atom stereocenters. The van der Waals surface area contributed by atoms with Gasteiger partial charge in [0.15, 0.2) is 10.6 Å². The molecular formula is C13H10F2O3S. The van der Waals surface area contributed by atoms with Crippen molar-refractivity contribution in [2.45, 2.75) is 12.8 Å². The SMILES string of the molecule is CC(F)(F)c1cc(Oc2ccccc2)c(C(=O)O)s1. The smallest absolute Gasteiger partial charge is 0.349 e. The fourth-order valence-corrected chi connectivity index (χ4v) is 2.28. The second kappa shape index (κ2) is 4.97. The summed E-state index contributed by atoms with van der Waals surface area (Å²) in [6.07, 6.45) is 0. The van der Waals surface area contributed by atoms with Gasteiger partial charge in [0.05, 0.1) is 4.88 Å². The van der Waals surface area contributed by atoms with Gasteiger partial charge in [0.25, 0.3) is 5.92 Å². The van der Waals surface area contributed by atoms with Crippen LogP contribution < -0.4 is 4.74 Å². The third-order valence-corrected chi connectivity index (χ3v) is 3.57. The Morgan fingerprint density at radius 3 is 2.47 bits per heavy atom. The number of halogens is 2. The molecule has 0 saturated heterocycles. The van der Waals surface area contributed by atoms with Crippen molar-refractivity contribution in [3.63, 3.8) is 0 Å². The summed E-state index contributed by atoms with van der Waals surface area (Å²) in [7, 11) is 0. The van der Waals surface area contributed by atoms with Gasteiger partial charge in [0.2, 0.25) is 0 Å². The highest BCUT2D eigenvalue weighted by Gasteiger charge is 2.30. The lowest BCUT2D eigenvalue weighted by molar-refractivity contribution is 0.0214. The van der Waals surface area contributed by atoms with Gasteiger partial charge < -0.3 is 9.84 Å². The lowest BCUT2D eigenvalue weighted by Gasteiger charge is -2.05. The number of para-hydroxylation sites is 1. The summed E-state index contributed by atoms with van der Waals surface area (Å²) in [4.78, 5) is 10.5. The number of rotatable bonds is 4. The molecule has 0 aliphatic rings. The quantitative estimate of drug-likeness (QED) is 0.907. The van der Waals surface area contributed by atoms with E-state index >= 15 is 0 Å². The molecule has 1 aromatic carbocycles. The first-order valence-corrected chi connectivity index (χ1v) is 6.18. The van der Waals surface area contributed by atoms with Crippen LogP contribution in [0.2, 0.25) is 0 Å². The highest BCUT2D eigenvalue weighted by molar-refractivity contribution is 7.14. The predicted octanol–water partition coefficient (Wildman–Crippen LogP) is 4.35. The topological polar surface area (TPSA) is 46.5 Å². The molecule has 0 radical (unpaired) electrons. The Kier molecular flexibility index (Phi) is 3.53. The molecule has 0 saturated carbocycles. The largest absolute Gasteiger partial charge is 0.477 e. The normalized spacial score (nSPS) is 11.3. The van der Waals surface area contributed by atoms with Crippen LogP contribution in [0.15, 0.2) is 36.4 Å². The van der Waals surface area contributed by atoms with E-state index in [1.54, 1.807) is 30.3 Å². The third-order valence-electron chi connectivity index (χ3n) is 2.30. The second-order valence-electron chi connectivity index (χ2n) is 3.91. The zero-order chi connectivity index (χ0) is 14.0. The van der Waals surface area contributed by atoms with E-state index in [4.69, 9.17) is 9.84 Å². The summed E-state index contributed by atoms with van der Waals surface area (Å²) in [5.41, 5.74) is 0. The van der Waals surface area contributed by atoms with Gasteiger partial charge in [0.1, 0.15) is 5.75 Å². The average Bonchev–Trinajstić information content (AvgIpc) is 2.74. The lowest BCUT2D eigenvalue weighted by Crippen LogP contribution is -2.03. The first-order chi connectivity index (χ1) is 8.88. The van der Waals surface area contributed by atoms with E-state index < -0.39 is 11.9 Å². The lowest BCUT2D eigenvalue weighted by atomic mass is 10.3. The molecule has 0 aliphatic carbocycles. The van der Waals surface area contributed by atoms with Gasteiger partial charge in [-0.25, -0.2) is 13.6 Å². The first-order valence-electron chi connectivity index (χ1n) is 5.36. The van der Waals surface area contributed by atoms with Crippen LogP contribution in [0.3, 0.4) is 0 Å². The molecule has 0 amide bonds. The molecule has 1 heterocycles. The molecule has 100 valence electrons. The number of aromatic carboxylic acids is 1. The molecule has 19 heavy (non-hydrogen) atoms. The van der Waals surface area contributed by atoms with Crippen LogP contribution in [-0.4, -0.2) is 11.1 Å². The monoisotopic (exact) mass is 284 g/mol. The second-order valence-corrected chi connectivity index (χ2v) is 4.96. The van der Waals surface area contributed by atoms with Gasteiger partial charge in [-0.15, -0.1) is 11.3 Å². The van der Waals surface area contributed by atoms with E-state index in [1.165, 1.54) is 0 Å². The zero-order valence-corrected chi connectivity index (χ0v) is 10.7. The third kappa shape index (κ3) is 3.08. The Labute approximate surface area is 112 Å². The molecule has 2 rings (SSSR count). The number of alkyl halides is 2. The Morgan fingerprint density at radius 2 is 1.95 bits per heavy atom. The Hall–Kier alpha value is -1.95. The number of hydrogen-bond acceptors (Lipinski definition) is 3. The van der Waals surface area contributed by atoms with E-state index in [-0.39, 0.29) is 15.5 Å². The van der Waals surface area contributed by atoms with Crippen molar-refractivity contribution in [2.75, 3.05) is 0 Å². The zero-order valence-electron chi connectivity index (χ0n) is 9.89. The number of carbonyl (C=O) groups is 1. The Balaban J connectivity index is 2.39. The van der Waals surface area contributed by atoms with E-state index in [0.29, 0.717) is 17.1 Å². The number of carboxylic acids is 1. The minimum absolute atomic E-state index is 0.0692. The molecule has 0 aliphatic heterocycles. The van der Waals surface area contributed by atoms with Crippen molar-refractivity contribution in [2.24, 2.45) is 0 Å². The van der Waals surface area contributed by atoms with Crippen LogP contribution in [0.4, 0.5) is 8.78 Å². The molecule has 1 N–H and O–H groups in total. The summed E-state index contributed by atoms with van der Waals surface area (Å²) >= 11 is 0.519. The molecule has 0 fully saturated rings. The van der Waals surface area contributed by atoms with Crippen LogP contribution in [0.1, 0.15) is 21.5 Å². The van der Waals surface area contributed by atoms with Gasteiger partial charge in [-0.05, 0) is 12.1 Å². The molecular weight excluding hydrogens is 274 g/mol. The van der Waals surface area contributed by atoms with Crippen molar-refractivity contribution in [1.29, 1.82) is 0 Å². The molecule has 6 heteroatoms. The van der Waals surface area contributed by atoms with E-state index in [1.807, 2.05) is 0 Å².